The van der Waals surface area contributed by atoms with Gasteiger partial charge in [0.2, 0.25) is 23.6 Å². The number of nitrogens with two attached hydrogens (primary N) is 2. The lowest BCUT2D eigenvalue weighted by atomic mass is 10.1. The molecule has 1 aromatic rings. The van der Waals surface area contributed by atoms with E-state index in [1.807, 2.05) is 0 Å². The number of nitrogens with zero attached hydrogens (tertiary/aromatic N) is 1. The van der Waals surface area contributed by atoms with Crippen LogP contribution in [0.4, 0.5) is 0 Å². The predicted octanol–water partition coefficient (Wildman–Crippen LogP) is -4.29. The molecule has 0 aliphatic rings. The number of primary amides is 1. The van der Waals surface area contributed by atoms with Crippen molar-refractivity contribution in [2.45, 2.75) is 43.9 Å². The molecule has 1 aromatic heterocycles. The number of carbonyl (C=O) groups is 5. The van der Waals surface area contributed by atoms with E-state index in [4.69, 9.17) is 16.6 Å². The molecule has 10 N–H and O–H groups in total. The molecule has 0 fully saturated rings. The SMILES string of the molecule is CC(NC(=O)C(Cc1cnc[nH]1)NC(=O)C(CO)NC(=O)C(N)CC(N)=O)C(=O)O. The molecule has 0 spiro atoms. The van der Waals surface area contributed by atoms with Crippen LogP contribution < -0.4 is 27.4 Å². The van der Waals surface area contributed by atoms with E-state index in [2.05, 4.69) is 25.9 Å². The van der Waals surface area contributed by atoms with Gasteiger partial charge in [-0.2, -0.15) is 0 Å². The highest BCUT2D eigenvalue weighted by Crippen LogP contribution is 2.01. The second-order valence-electron chi connectivity index (χ2n) is 6.43. The van der Waals surface area contributed by atoms with Crippen LogP contribution in [0.2, 0.25) is 0 Å². The number of carboxylic acid groups (broad SMARTS) is 1. The Bertz CT molecular complexity index is 768. The Morgan fingerprint density at radius 1 is 1.10 bits per heavy atom. The normalized spacial score (nSPS) is 14.6. The van der Waals surface area contributed by atoms with Crippen molar-refractivity contribution in [3.05, 3.63) is 18.2 Å². The van der Waals surface area contributed by atoms with Gasteiger partial charge in [0, 0.05) is 18.3 Å². The van der Waals surface area contributed by atoms with Gasteiger partial charge < -0.3 is 42.6 Å². The molecule has 1 rings (SSSR count). The molecule has 0 saturated heterocycles. The molecule has 0 bridgehead atoms. The molecule has 0 aromatic carbocycles. The summed E-state index contributed by atoms with van der Waals surface area (Å²) in [5.41, 5.74) is 10.9. The molecule has 4 atom stereocenters. The minimum absolute atomic E-state index is 0.0722. The van der Waals surface area contributed by atoms with E-state index in [1.54, 1.807) is 0 Å². The van der Waals surface area contributed by atoms with Crippen LogP contribution in [0.1, 0.15) is 19.0 Å². The number of hydrogen-bond donors (Lipinski definition) is 8. The molecule has 14 nitrogen and oxygen atoms in total. The summed E-state index contributed by atoms with van der Waals surface area (Å²) in [5.74, 6) is -4.75. The molecule has 0 aliphatic heterocycles. The number of imidazole rings is 1. The topological polar surface area (TPSA) is 243 Å². The lowest BCUT2D eigenvalue weighted by Gasteiger charge is -2.23. The van der Waals surface area contributed by atoms with Crippen LogP contribution in [-0.4, -0.2) is 80.6 Å². The molecule has 4 amide bonds. The largest absolute Gasteiger partial charge is 0.480 e. The van der Waals surface area contributed by atoms with Crippen molar-refractivity contribution in [3.63, 3.8) is 0 Å². The Morgan fingerprint density at radius 2 is 1.70 bits per heavy atom. The van der Waals surface area contributed by atoms with Crippen LogP contribution in [0, 0.1) is 0 Å². The number of H-pyrrole nitrogens is 1. The summed E-state index contributed by atoms with van der Waals surface area (Å²) < 4.78 is 0. The lowest BCUT2D eigenvalue weighted by molar-refractivity contribution is -0.141. The van der Waals surface area contributed by atoms with Crippen LogP contribution in [-0.2, 0) is 30.4 Å². The average molecular weight is 427 g/mol. The Balaban J connectivity index is 2.87. The smallest absolute Gasteiger partial charge is 0.325 e. The summed E-state index contributed by atoms with van der Waals surface area (Å²) in [4.78, 5) is 65.2. The third kappa shape index (κ3) is 7.84. The molecular formula is C16H25N7O7. The lowest BCUT2D eigenvalue weighted by Crippen LogP contribution is -2.58. The zero-order valence-electron chi connectivity index (χ0n) is 16.1. The van der Waals surface area contributed by atoms with Gasteiger partial charge in [-0.1, -0.05) is 0 Å². The van der Waals surface area contributed by atoms with E-state index in [0.29, 0.717) is 5.69 Å². The van der Waals surface area contributed by atoms with Crippen LogP contribution in [0.3, 0.4) is 0 Å². The molecular weight excluding hydrogens is 402 g/mol. The van der Waals surface area contributed by atoms with Gasteiger partial charge in [0.25, 0.3) is 0 Å². The molecule has 4 unspecified atom stereocenters. The second kappa shape index (κ2) is 11.5. The van der Waals surface area contributed by atoms with Crippen molar-refractivity contribution in [1.29, 1.82) is 0 Å². The summed E-state index contributed by atoms with van der Waals surface area (Å²) in [7, 11) is 0. The van der Waals surface area contributed by atoms with E-state index in [0.717, 1.165) is 0 Å². The molecule has 1 heterocycles. The third-order valence-electron chi connectivity index (χ3n) is 3.91. The molecule has 30 heavy (non-hydrogen) atoms. The maximum Gasteiger partial charge on any atom is 0.325 e. The standard InChI is InChI=1S/C16H25N7O7/c1-7(16(29)30)21-14(27)10(2-8-4-19-6-20-8)22-15(28)11(5-24)23-13(26)9(17)3-12(18)25/h4,6-7,9-11,24H,2-3,5,17H2,1H3,(H2,18,25)(H,19,20)(H,21,27)(H,22,28)(H,23,26)(H,29,30). The highest BCUT2D eigenvalue weighted by Gasteiger charge is 2.29. The van der Waals surface area contributed by atoms with Crippen molar-refractivity contribution < 1.29 is 34.2 Å². The summed E-state index contributed by atoms with van der Waals surface area (Å²) in [6.07, 6.45) is 2.21. The fourth-order valence-corrected chi connectivity index (χ4v) is 2.26. The second-order valence-corrected chi connectivity index (χ2v) is 6.43. The third-order valence-corrected chi connectivity index (χ3v) is 3.91. The summed E-state index contributed by atoms with van der Waals surface area (Å²) in [6.45, 7) is 0.414. The van der Waals surface area contributed by atoms with Crippen LogP contribution in [0.15, 0.2) is 12.5 Å². The maximum absolute atomic E-state index is 12.5. The molecule has 0 aliphatic carbocycles. The van der Waals surface area contributed by atoms with Crippen molar-refractivity contribution in [3.8, 4) is 0 Å². The number of rotatable bonds is 12. The Labute approximate surface area is 170 Å². The number of carboxylic acids is 1. The van der Waals surface area contributed by atoms with Gasteiger partial charge in [-0.15, -0.1) is 0 Å². The van der Waals surface area contributed by atoms with Gasteiger partial charge in [0.1, 0.15) is 18.1 Å². The Hall–Kier alpha value is -3.52. The number of aromatic amines is 1. The predicted molar refractivity (Wildman–Crippen MR) is 100 cm³/mol. The van der Waals surface area contributed by atoms with Crippen LogP contribution >= 0.6 is 0 Å². The highest BCUT2D eigenvalue weighted by molar-refractivity contribution is 5.95. The van der Waals surface area contributed by atoms with Gasteiger partial charge in [0.15, 0.2) is 0 Å². The summed E-state index contributed by atoms with van der Waals surface area (Å²) >= 11 is 0. The number of hydrogen-bond acceptors (Lipinski definition) is 8. The van der Waals surface area contributed by atoms with Gasteiger partial charge in [-0.3, -0.25) is 24.0 Å². The number of aromatic nitrogens is 2. The summed E-state index contributed by atoms with van der Waals surface area (Å²) in [6, 6.07) is -5.28. The highest BCUT2D eigenvalue weighted by atomic mass is 16.4. The Kier molecular flexibility index (Phi) is 9.38. The minimum Gasteiger partial charge on any atom is -0.480 e. The van der Waals surface area contributed by atoms with Crippen LogP contribution in [0.25, 0.3) is 0 Å². The van der Waals surface area contributed by atoms with Crippen molar-refractivity contribution in [1.82, 2.24) is 25.9 Å². The number of aliphatic hydroxyl groups excluding tert-OH is 1. The van der Waals surface area contributed by atoms with E-state index in [1.165, 1.54) is 19.4 Å². The zero-order chi connectivity index (χ0) is 22.8. The van der Waals surface area contributed by atoms with Gasteiger partial charge >= 0.3 is 5.97 Å². The van der Waals surface area contributed by atoms with E-state index in [-0.39, 0.29) is 6.42 Å². The first-order valence-corrected chi connectivity index (χ1v) is 8.81. The molecule has 14 heteroatoms. The van der Waals surface area contributed by atoms with Gasteiger partial charge in [-0.05, 0) is 6.92 Å². The minimum atomic E-state index is -1.48. The van der Waals surface area contributed by atoms with Gasteiger partial charge in [-0.25, -0.2) is 4.98 Å². The first-order valence-electron chi connectivity index (χ1n) is 8.81. The fraction of sp³-hybridized carbons (Fsp3) is 0.500. The van der Waals surface area contributed by atoms with E-state index >= 15 is 0 Å². The van der Waals surface area contributed by atoms with Crippen LogP contribution in [0.5, 0.6) is 0 Å². The van der Waals surface area contributed by atoms with E-state index in [9.17, 15) is 29.1 Å². The number of carbonyl (C=O) groups excluding carboxylic acids is 4. The summed E-state index contributed by atoms with van der Waals surface area (Å²) in [5, 5.41) is 25.1. The van der Waals surface area contributed by atoms with Crippen molar-refractivity contribution >= 4 is 29.6 Å². The fourth-order valence-electron chi connectivity index (χ4n) is 2.26. The Morgan fingerprint density at radius 3 is 2.20 bits per heavy atom. The number of nitrogens with one attached hydrogen (secondary N) is 4. The quantitative estimate of drug-likeness (QED) is 0.161. The van der Waals surface area contributed by atoms with Crippen molar-refractivity contribution in [2.24, 2.45) is 11.5 Å². The molecule has 166 valence electrons. The zero-order valence-corrected chi connectivity index (χ0v) is 16.1. The number of aliphatic carboxylic acids is 1. The maximum atomic E-state index is 12.5. The van der Waals surface area contributed by atoms with E-state index < -0.39 is 66.8 Å². The monoisotopic (exact) mass is 427 g/mol. The first-order chi connectivity index (χ1) is 14.0. The molecule has 0 radical (unpaired) electrons. The van der Waals surface area contributed by atoms with Crippen molar-refractivity contribution in [2.75, 3.05) is 6.61 Å². The first kappa shape index (κ1) is 24.5. The number of amides is 4. The number of aliphatic hydroxyl groups is 1. The molecule has 0 saturated carbocycles. The van der Waals surface area contributed by atoms with Gasteiger partial charge in [0.05, 0.1) is 25.4 Å². The average Bonchev–Trinajstić information content (AvgIpc) is 3.17.